The molecule has 3 aliphatic heterocycles. The van der Waals surface area contributed by atoms with Crippen molar-refractivity contribution in [2.75, 3.05) is 13.1 Å². The number of carbonyl (C=O) groups excluding carboxylic acids is 3. The van der Waals surface area contributed by atoms with Gasteiger partial charge in [0.25, 0.3) is 5.91 Å². The molecule has 3 aliphatic rings. The SMILES string of the molecule is O=C(NCc1ccc(F)cc1)C1CN2C(=C(O)C1=O)C(=O)N1CCCCCC12. The largest absolute Gasteiger partial charge is 0.503 e. The second-order valence-electron chi connectivity index (χ2n) is 7.44. The van der Waals surface area contributed by atoms with Gasteiger partial charge in [-0.15, -0.1) is 0 Å². The molecular formula is C20H22FN3O4. The van der Waals surface area contributed by atoms with Crippen LogP contribution in [0.3, 0.4) is 0 Å². The van der Waals surface area contributed by atoms with E-state index in [0.717, 1.165) is 25.7 Å². The molecule has 0 bridgehead atoms. The van der Waals surface area contributed by atoms with Gasteiger partial charge in [-0.25, -0.2) is 4.39 Å². The topological polar surface area (TPSA) is 90.0 Å². The highest BCUT2D eigenvalue weighted by Gasteiger charge is 2.50. The average Bonchev–Trinajstić information content (AvgIpc) is 2.84. The molecule has 1 aromatic carbocycles. The van der Waals surface area contributed by atoms with Crippen LogP contribution < -0.4 is 5.32 Å². The summed E-state index contributed by atoms with van der Waals surface area (Å²) in [6.07, 6.45) is 3.40. The number of amides is 2. The van der Waals surface area contributed by atoms with Crippen LogP contribution >= 0.6 is 0 Å². The van der Waals surface area contributed by atoms with Crippen LogP contribution in [-0.2, 0) is 20.9 Å². The molecule has 0 saturated carbocycles. The van der Waals surface area contributed by atoms with Crippen LogP contribution in [0.4, 0.5) is 4.39 Å². The minimum Gasteiger partial charge on any atom is -0.503 e. The fourth-order valence-corrected chi connectivity index (χ4v) is 4.19. The number of hydrogen-bond acceptors (Lipinski definition) is 5. The molecule has 2 N–H and O–H groups in total. The van der Waals surface area contributed by atoms with Crippen molar-refractivity contribution >= 4 is 17.6 Å². The van der Waals surface area contributed by atoms with E-state index in [1.165, 1.54) is 12.1 Å². The number of nitrogens with zero attached hydrogens (tertiary/aromatic N) is 2. The zero-order valence-corrected chi connectivity index (χ0v) is 15.4. The van der Waals surface area contributed by atoms with Gasteiger partial charge >= 0.3 is 0 Å². The molecule has 148 valence electrons. The van der Waals surface area contributed by atoms with Crippen molar-refractivity contribution in [3.8, 4) is 0 Å². The van der Waals surface area contributed by atoms with Gasteiger partial charge in [-0.2, -0.15) is 0 Å². The summed E-state index contributed by atoms with van der Waals surface area (Å²) in [5.41, 5.74) is 0.726. The van der Waals surface area contributed by atoms with Crippen molar-refractivity contribution in [3.63, 3.8) is 0 Å². The number of ketones is 1. The zero-order chi connectivity index (χ0) is 19.8. The number of aliphatic hydroxyl groups excluding tert-OH is 1. The molecule has 7 nitrogen and oxygen atoms in total. The molecule has 2 fully saturated rings. The number of hydrogen-bond donors (Lipinski definition) is 2. The normalized spacial score (nSPS) is 24.8. The molecular weight excluding hydrogens is 365 g/mol. The molecule has 0 aliphatic carbocycles. The Kier molecular flexibility index (Phi) is 4.78. The number of nitrogens with one attached hydrogen (secondary N) is 1. The average molecular weight is 387 g/mol. The van der Waals surface area contributed by atoms with Crippen molar-refractivity contribution in [1.82, 2.24) is 15.1 Å². The quantitative estimate of drug-likeness (QED) is 0.767. The maximum absolute atomic E-state index is 13.0. The fraction of sp³-hybridized carbons (Fsp3) is 0.450. The van der Waals surface area contributed by atoms with Crippen LogP contribution in [-0.4, -0.2) is 51.8 Å². The molecule has 28 heavy (non-hydrogen) atoms. The smallest absolute Gasteiger partial charge is 0.275 e. The van der Waals surface area contributed by atoms with Crippen molar-refractivity contribution in [3.05, 3.63) is 47.1 Å². The molecule has 0 aromatic heterocycles. The molecule has 1 aromatic rings. The van der Waals surface area contributed by atoms with E-state index in [4.69, 9.17) is 0 Å². The number of fused-ring (bicyclic) bond motifs is 3. The summed E-state index contributed by atoms with van der Waals surface area (Å²) < 4.78 is 13.0. The van der Waals surface area contributed by atoms with E-state index in [2.05, 4.69) is 5.32 Å². The Bertz CT molecular complexity index is 852. The summed E-state index contributed by atoms with van der Waals surface area (Å²) in [6.45, 7) is 0.807. The monoisotopic (exact) mass is 387 g/mol. The van der Waals surface area contributed by atoms with Crippen LogP contribution in [0.2, 0.25) is 0 Å². The third kappa shape index (κ3) is 3.12. The zero-order valence-electron chi connectivity index (χ0n) is 15.4. The highest BCUT2D eigenvalue weighted by Crippen LogP contribution is 2.36. The van der Waals surface area contributed by atoms with Gasteiger partial charge in [0.2, 0.25) is 11.7 Å². The number of allylic oxidation sites excluding steroid dienone is 1. The minimum absolute atomic E-state index is 0.0273. The lowest BCUT2D eigenvalue weighted by molar-refractivity contribution is -0.136. The molecule has 0 spiro atoms. The van der Waals surface area contributed by atoms with E-state index in [1.807, 2.05) is 0 Å². The summed E-state index contributed by atoms with van der Waals surface area (Å²) in [4.78, 5) is 41.3. The molecule has 8 heteroatoms. The summed E-state index contributed by atoms with van der Waals surface area (Å²) in [6, 6.07) is 5.70. The van der Waals surface area contributed by atoms with Gasteiger partial charge in [0.1, 0.15) is 17.9 Å². The van der Waals surface area contributed by atoms with Crippen molar-refractivity contribution in [1.29, 1.82) is 0 Å². The number of Topliss-reactive ketones (excluding diaryl/α,β-unsaturated/α-hetero) is 1. The lowest BCUT2D eigenvalue weighted by Gasteiger charge is -2.34. The lowest BCUT2D eigenvalue weighted by Crippen LogP contribution is -2.49. The molecule has 4 rings (SSSR count). The first-order valence-electron chi connectivity index (χ1n) is 9.54. The Hall–Kier alpha value is -2.90. The Labute approximate surface area is 161 Å². The first kappa shape index (κ1) is 18.5. The Morgan fingerprint density at radius 3 is 2.64 bits per heavy atom. The number of benzene rings is 1. The predicted octanol–water partition coefficient (Wildman–Crippen LogP) is 1.45. The summed E-state index contributed by atoms with van der Waals surface area (Å²) in [7, 11) is 0. The van der Waals surface area contributed by atoms with Crippen LogP contribution in [0.15, 0.2) is 35.7 Å². The Balaban J connectivity index is 1.51. The molecule has 2 atom stereocenters. The van der Waals surface area contributed by atoms with Gasteiger partial charge in [0, 0.05) is 19.6 Å². The van der Waals surface area contributed by atoms with Crippen molar-refractivity contribution in [2.45, 2.75) is 38.4 Å². The van der Waals surface area contributed by atoms with E-state index in [9.17, 15) is 23.9 Å². The van der Waals surface area contributed by atoms with Crippen molar-refractivity contribution < 1.29 is 23.9 Å². The maximum atomic E-state index is 13.0. The molecule has 3 heterocycles. The van der Waals surface area contributed by atoms with Crippen LogP contribution in [0.1, 0.15) is 31.2 Å². The van der Waals surface area contributed by atoms with Gasteiger partial charge < -0.3 is 20.2 Å². The summed E-state index contributed by atoms with van der Waals surface area (Å²) >= 11 is 0. The summed E-state index contributed by atoms with van der Waals surface area (Å²) in [5.74, 6) is -3.64. The highest BCUT2D eigenvalue weighted by molar-refractivity contribution is 6.14. The van der Waals surface area contributed by atoms with E-state index in [1.54, 1.807) is 21.9 Å². The van der Waals surface area contributed by atoms with Crippen molar-refractivity contribution in [2.24, 2.45) is 5.92 Å². The first-order valence-corrected chi connectivity index (χ1v) is 9.54. The standard InChI is InChI=1S/C20H22FN3O4/c21-13-7-5-12(6-8-13)10-22-19(27)14-11-24-15-4-2-1-3-9-23(15)20(28)16(24)18(26)17(14)25/h5-8,14-15,26H,1-4,9-11H2,(H,22,27). The fourth-order valence-electron chi connectivity index (χ4n) is 4.19. The van der Waals surface area contributed by atoms with Gasteiger partial charge in [-0.3, -0.25) is 14.4 Å². The van der Waals surface area contributed by atoms with Crippen LogP contribution in [0.25, 0.3) is 0 Å². The molecule has 2 saturated heterocycles. The number of carbonyl (C=O) groups is 3. The number of halogens is 1. The van der Waals surface area contributed by atoms with Gasteiger partial charge in [0.15, 0.2) is 11.5 Å². The van der Waals surface area contributed by atoms with Crippen LogP contribution in [0.5, 0.6) is 0 Å². The number of rotatable bonds is 3. The Morgan fingerprint density at radius 2 is 1.89 bits per heavy atom. The summed E-state index contributed by atoms with van der Waals surface area (Å²) in [5, 5.41) is 13.1. The molecule has 2 unspecified atom stereocenters. The van der Waals surface area contributed by atoms with Gasteiger partial charge in [-0.05, 0) is 37.0 Å². The second kappa shape index (κ2) is 7.26. The predicted molar refractivity (Wildman–Crippen MR) is 97.1 cm³/mol. The maximum Gasteiger partial charge on any atom is 0.275 e. The number of aliphatic hydroxyl groups is 1. The van der Waals surface area contributed by atoms with E-state index < -0.39 is 23.4 Å². The first-order chi connectivity index (χ1) is 13.5. The van der Waals surface area contributed by atoms with E-state index in [-0.39, 0.29) is 36.7 Å². The third-order valence-corrected chi connectivity index (χ3v) is 5.68. The second-order valence-corrected chi connectivity index (χ2v) is 7.44. The van der Waals surface area contributed by atoms with Crippen LogP contribution in [0, 0.1) is 11.7 Å². The van der Waals surface area contributed by atoms with E-state index >= 15 is 0 Å². The molecule has 0 radical (unpaired) electrons. The molecule has 2 amide bonds. The minimum atomic E-state index is -1.08. The Morgan fingerprint density at radius 1 is 1.14 bits per heavy atom. The van der Waals surface area contributed by atoms with Gasteiger partial charge in [0.05, 0.1) is 0 Å². The lowest BCUT2D eigenvalue weighted by atomic mass is 9.95. The third-order valence-electron chi connectivity index (χ3n) is 5.68. The van der Waals surface area contributed by atoms with E-state index in [0.29, 0.717) is 12.1 Å². The van der Waals surface area contributed by atoms with Gasteiger partial charge in [-0.1, -0.05) is 18.6 Å². The highest BCUT2D eigenvalue weighted by atomic mass is 19.1.